The van der Waals surface area contributed by atoms with Crippen LogP contribution in [0, 0.1) is 0 Å². The molecule has 0 aliphatic carbocycles. The number of para-hydroxylation sites is 1. The SMILES string of the molecule is CC(C)(C)OC(=O)c1c(-c2nc(Br)cnc2N(C(=O)OC(C)(C)C)C(=O)OC(C)(C)C)[nH]c2ccccc12. The molecule has 3 rings (SSSR count). The minimum absolute atomic E-state index is 0.0353. The lowest BCUT2D eigenvalue weighted by atomic mass is 10.1. The Balaban J connectivity index is 2.31. The number of carbonyl (C=O) groups is 3. The number of anilines is 1. The number of H-pyrrole nitrogens is 1. The van der Waals surface area contributed by atoms with Crippen LogP contribution in [0.25, 0.3) is 22.3 Å². The van der Waals surface area contributed by atoms with Gasteiger partial charge in [0.15, 0.2) is 5.82 Å². The van der Waals surface area contributed by atoms with Crippen LogP contribution in [0.4, 0.5) is 15.4 Å². The van der Waals surface area contributed by atoms with Gasteiger partial charge in [-0.2, -0.15) is 4.90 Å². The summed E-state index contributed by atoms with van der Waals surface area (Å²) in [6.45, 7) is 15.3. The number of nitrogens with zero attached hydrogens (tertiary/aromatic N) is 3. The molecule has 1 N–H and O–H groups in total. The molecule has 0 atom stereocenters. The Labute approximate surface area is 230 Å². The summed E-state index contributed by atoms with van der Waals surface area (Å²) >= 11 is 3.31. The molecule has 2 heterocycles. The van der Waals surface area contributed by atoms with Gasteiger partial charge in [0.25, 0.3) is 0 Å². The molecular formula is C27H33BrN4O6. The van der Waals surface area contributed by atoms with Gasteiger partial charge in [-0.25, -0.2) is 24.4 Å². The molecule has 0 aliphatic heterocycles. The Kier molecular flexibility index (Phi) is 7.93. The van der Waals surface area contributed by atoms with Crippen LogP contribution in [-0.2, 0) is 14.2 Å². The van der Waals surface area contributed by atoms with Crippen LogP contribution < -0.4 is 4.90 Å². The normalized spacial score (nSPS) is 12.3. The van der Waals surface area contributed by atoms with Crippen molar-refractivity contribution in [2.24, 2.45) is 0 Å². The monoisotopic (exact) mass is 588 g/mol. The molecule has 0 saturated heterocycles. The summed E-state index contributed by atoms with van der Waals surface area (Å²) in [4.78, 5) is 52.9. The van der Waals surface area contributed by atoms with Crippen LogP contribution in [0.2, 0.25) is 0 Å². The molecule has 1 aromatic carbocycles. The Morgan fingerprint density at radius 3 is 1.89 bits per heavy atom. The largest absolute Gasteiger partial charge is 0.456 e. The molecule has 0 saturated carbocycles. The molecule has 2 amide bonds. The fourth-order valence-electron chi connectivity index (χ4n) is 3.42. The van der Waals surface area contributed by atoms with Crippen molar-refractivity contribution in [2.45, 2.75) is 79.1 Å². The van der Waals surface area contributed by atoms with Gasteiger partial charge in [0, 0.05) is 10.9 Å². The van der Waals surface area contributed by atoms with Gasteiger partial charge in [0.2, 0.25) is 0 Å². The Morgan fingerprint density at radius 2 is 1.37 bits per heavy atom. The van der Waals surface area contributed by atoms with E-state index in [4.69, 9.17) is 14.2 Å². The second-order valence-corrected chi connectivity index (χ2v) is 12.4. The minimum Gasteiger partial charge on any atom is -0.456 e. The first-order valence-electron chi connectivity index (χ1n) is 12.0. The van der Waals surface area contributed by atoms with E-state index in [2.05, 4.69) is 30.9 Å². The molecule has 3 aromatic rings. The third-order valence-corrected chi connectivity index (χ3v) is 5.02. The topological polar surface area (TPSA) is 124 Å². The quantitative estimate of drug-likeness (QED) is 0.255. The second-order valence-electron chi connectivity index (χ2n) is 11.6. The first-order valence-corrected chi connectivity index (χ1v) is 12.8. The number of esters is 1. The van der Waals surface area contributed by atoms with Gasteiger partial charge >= 0.3 is 18.2 Å². The van der Waals surface area contributed by atoms with E-state index in [1.807, 2.05) is 6.07 Å². The molecule has 38 heavy (non-hydrogen) atoms. The van der Waals surface area contributed by atoms with Crippen LogP contribution in [0.15, 0.2) is 35.1 Å². The first-order chi connectivity index (χ1) is 17.4. The van der Waals surface area contributed by atoms with Crippen molar-refractivity contribution >= 4 is 50.8 Å². The maximum atomic E-state index is 13.4. The predicted molar refractivity (Wildman–Crippen MR) is 147 cm³/mol. The summed E-state index contributed by atoms with van der Waals surface area (Å²) in [5, 5.41) is 0.575. The molecular weight excluding hydrogens is 556 g/mol. The molecule has 0 fully saturated rings. The van der Waals surface area contributed by atoms with Crippen molar-refractivity contribution in [3.05, 3.63) is 40.6 Å². The number of benzene rings is 1. The number of ether oxygens (including phenoxy) is 3. The lowest BCUT2D eigenvalue weighted by molar-refractivity contribution is 0.00721. The number of rotatable bonds is 3. The average Bonchev–Trinajstić information content (AvgIpc) is 3.10. The fourth-order valence-corrected chi connectivity index (χ4v) is 3.70. The van der Waals surface area contributed by atoms with Gasteiger partial charge in [0.05, 0.1) is 17.5 Å². The highest BCUT2D eigenvalue weighted by Gasteiger charge is 2.37. The van der Waals surface area contributed by atoms with E-state index in [0.29, 0.717) is 20.4 Å². The molecule has 11 heteroatoms. The number of aromatic amines is 1. The second kappa shape index (κ2) is 10.4. The summed E-state index contributed by atoms with van der Waals surface area (Å²) < 4.78 is 17.0. The standard InChI is InChI=1S/C27H33BrN4O6/c1-25(2,3)36-22(33)18-15-12-10-11-13-16(15)30-19(18)20-21(29-14-17(28)31-20)32(23(34)37-26(4,5)6)24(35)38-27(7,8)9/h10-14,30H,1-9H3. The van der Waals surface area contributed by atoms with Crippen molar-refractivity contribution in [1.29, 1.82) is 0 Å². The molecule has 204 valence electrons. The number of aromatic nitrogens is 3. The molecule has 0 spiro atoms. The zero-order chi connectivity index (χ0) is 28.6. The van der Waals surface area contributed by atoms with Gasteiger partial charge in [0.1, 0.15) is 27.1 Å². The summed E-state index contributed by atoms with van der Waals surface area (Å²) in [5.41, 5.74) is -1.59. The molecule has 0 bridgehead atoms. The number of nitrogens with one attached hydrogen (secondary N) is 1. The summed E-state index contributed by atoms with van der Waals surface area (Å²) in [7, 11) is 0. The number of hydrogen-bond acceptors (Lipinski definition) is 8. The van der Waals surface area contributed by atoms with Crippen molar-refractivity contribution in [3.8, 4) is 11.4 Å². The van der Waals surface area contributed by atoms with Gasteiger partial charge < -0.3 is 19.2 Å². The lowest BCUT2D eigenvalue weighted by Crippen LogP contribution is -2.44. The summed E-state index contributed by atoms with van der Waals surface area (Å²) in [6, 6.07) is 7.15. The molecule has 0 unspecified atom stereocenters. The Morgan fingerprint density at radius 1 is 0.842 bits per heavy atom. The van der Waals surface area contributed by atoms with Gasteiger partial charge in [-0.05, 0) is 84.3 Å². The smallest absolute Gasteiger partial charge is 0.425 e. The van der Waals surface area contributed by atoms with Crippen LogP contribution in [0.5, 0.6) is 0 Å². The Bertz CT molecular complexity index is 1350. The van der Waals surface area contributed by atoms with Gasteiger partial charge in [-0.1, -0.05) is 18.2 Å². The van der Waals surface area contributed by atoms with Gasteiger partial charge in [-0.15, -0.1) is 0 Å². The number of fused-ring (bicyclic) bond motifs is 1. The minimum atomic E-state index is -1.01. The number of amides is 2. The summed E-state index contributed by atoms with van der Waals surface area (Å²) in [6.07, 6.45) is -0.699. The number of hydrogen-bond donors (Lipinski definition) is 1. The van der Waals surface area contributed by atoms with Crippen molar-refractivity contribution in [2.75, 3.05) is 4.90 Å². The highest BCUT2D eigenvalue weighted by molar-refractivity contribution is 9.10. The first kappa shape index (κ1) is 29.1. The number of halogens is 1. The van der Waals surface area contributed by atoms with E-state index in [0.717, 1.165) is 0 Å². The lowest BCUT2D eigenvalue weighted by Gasteiger charge is -2.28. The van der Waals surface area contributed by atoms with E-state index in [1.165, 1.54) is 6.20 Å². The maximum Gasteiger partial charge on any atom is 0.425 e. The van der Waals surface area contributed by atoms with Crippen LogP contribution in [0.3, 0.4) is 0 Å². The molecule has 2 aromatic heterocycles. The highest BCUT2D eigenvalue weighted by atomic mass is 79.9. The molecule has 0 radical (unpaired) electrons. The highest BCUT2D eigenvalue weighted by Crippen LogP contribution is 2.37. The number of imide groups is 1. The maximum absolute atomic E-state index is 13.4. The molecule has 0 aliphatic rings. The number of carbonyl (C=O) groups excluding carboxylic acids is 3. The van der Waals surface area contributed by atoms with Crippen molar-refractivity contribution in [3.63, 3.8) is 0 Å². The van der Waals surface area contributed by atoms with Crippen molar-refractivity contribution in [1.82, 2.24) is 15.0 Å². The third kappa shape index (κ3) is 7.09. The van der Waals surface area contributed by atoms with Gasteiger partial charge in [-0.3, -0.25) is 0 Å². The van der Waals surface area contributed by atoms with E-state index in [9.17, 15) is 14.4 Å². The van der Waals surface area contributed by atoms with E-state index in [-0.39, 0.29) is 22.8 Å². The van der Waals surface area contributed by atoms with E-state index in [1.54, 1.807) is 80.5 Å². The third-order valence-electron chi connectivity index (χ3n) is 4.63. The average molecular weight is 589 g/mol. The van der Waals surface area contributed by atoms with E-state index < -0.39 is 35.0 Å². The fraction of sp³-hybridized carbons (Fsp3) is 0.444. The van der Waals surface area contributed by atoms with Crippen LogP contribution >= 0.6 is 15.9 Å². The Hall–Kier alpha value is -3.47. The zero-order valence-corrected chi connectivity index (χ0v) is 24.6. The van der Waals surface area contributed by atoms with Crippen LogP contribution in [-0.4, -0.2) is 49.9 Å². The summed E-state index contributed by atoms with van der Waals surface area (Å²) in [5.74, 6) is -0.799. The predicted octanol–water partition coefficient (Wildman–Crippen LogP) is 7.02. The van der Waals surface area contributed by atoms with Crippen molar-refractivity contribution < 1.29 is 28.6 Å². The van der Waals surface area contributed by atoms with Crippen LogP contribution in [0.1, 0.15) is 72.7 Å². The molecule has 10 nitrogen and oxygen atoms in total. The zero-order valence-electron chi connectivity index (χ0n) is 23.1. The van der Waals surface area contributed by atoms with E-state index >= 15 is 0 Å².